The Balaban J connectivity index is 2.27. The summed E-state index contributed by atoms with van der Waals surface area (Å²) in [4.78, 5) is 25.3. The van der Waals surface area contributed by atoms with Crippen LogP contribution in [0.2, 0.25) is 0 Å². The topological polar surface area (TPSA) is 37.4 Å². The molecule has 1 saturated heterocycles. The highest BCUT2D eigenvalue weighted by molar-refractivity contribution is 8.00. The van der Waals surface area contributed by atoms with Crippen molar-refractivity contribution in [3.63, 3.8) is 0 Å². The lowest BCUT2D eigenvalue weighted by Gasteiger charge is -2.15. The third-order valence-corrected chi connectivity index (χ3v) is 3.84. The fourth-order valence-electron chi connectivity index (χ4n) is 1.97. The molecule has 4 heteroatoms. The molecular formula is C13H15NO2S. The molecule has 0 radical (unpaired) electrons. The summed E-state index contributed by atoms with van der Waals surface area (Å²) in [6, 6.07) is 7.49. The van der Waals surface area contributed by atoms with Crippen molar-refractivity contribution in [2.75, 3.05) is 10.7 Å². The van der Waals surface area contributed by atoms with E-state index in [-0.39, 0.29) is 17.1 Å². The molecule has 1 fully saturated rings. The zero-order valence-electron chi connectivity index (χ0n) is 9.97. The second-order valence-electron chi connectivity index (χ2n) is 4.05. The van der Waals surface area contributed by atoms with E-state index in [2.05, 4.69) is 0 Å². The van der Waals surface area contributed by atoms with Crippen molar-refractivity contribution in [3.8, 4) is 0 Å². The van der Waals surface area contributed by atoms with Crippen molar-refractivity contribution in [3.05, 3.63) is 29.8 Å². The Hall–Kier alpha value is -1.29. The zero-order valence-corrected chi connectivity index (χ0v) is 10.8. The molecule has 1 heterocycles. The van der Waals surface area contributed by atoms with Gasteiger partial charge in [0, 0.05) is 6.42 Å². The maximum Gasteiger partial charge on any atom is 0.247 e. The molecule has 1 aliphatic heterocycles. The van der Waals surface area contributed by atoms with E-state index >= 15 is 0 Å². The van der Waals surface area contributed by atoms with Gasteiger partial charge in [0.25, 0.3) is 0 Å². The molecule has 2 rings (SSSR count). The summed E-state index contributed by atoms with van der Waals surface area (Å²) in [5.74, 6) is 0.685. The van der Waals surface area contributed by atoms with E-state index in [9.17, 15) is 9.59 Å². The predicted molar refractivity (Wildman–Crippen MR) is 70.2 cm³/mol. The van der Waals surface area contributed by atoms with E-state index in [0.717, 1.165) is 11.3 Å². The van der Waals surface area contributed by atoms with E-state index in [1.165, 1.54) is 4.90 Å². The minimum atomic E-state index is -0.201. The average molecular weight is 249 g/mol. The largest absolute Gasteiger partial charge is 0.274 e. The third-order valence-electron chi connectivity index (χ3n) is 2.73. The number of thioether (sulfide) groups is 1. The lowest BCUT2D eigenvalue weighted by molar-refractivity contribution is -0.121. The highest BCUT2D eigenvalue weighted by atomic mass is 32.2. The fourth-order valence-corrected chi connectivity index (χ4v) is 2.88. The molecule has 2 amide bonds. The minimum Gasteiger partial charge on any atom is -0.274 e. The quantitative estimate of drug-likeness (QED) is 0.772. The van der Waals surface area contributed by atoms with Crippen LogP contribution in [0.1, 0.15) is 18.9 Å². The number of nitrogens with zero attached hydrogens (tertiary/aromatic N) is 1. The van der Waals surface area contributed by atoms with Crippen molar-refractivity contribution in [1.82, 2.24) is 0 Å². The van der Waals surface area contributed by atoms with Gasteiger partial charge in [0.15, 0.2) is 0 Å². The highest BCUT2D eigenvalue weighted by Crippen LogP contribution is 2.29. The molecule has 3 nitrogen and oxygen atoms in total. The summed E-state index contributed by atoms with van der Waals surface area (Å²) in [7, 11) is 0. The molecule has 1 aliphatic rings. The van der Waals surface area contributed by atoms with Crippen LogP contribution in [0.15, 0.2) is 24.3 Å². The van der Waals surface area contributed by atoms with E-state index in [1.807, 2.05) is 38.1 Å². The van der Waals surface area contributed by atoms with E-state index in [4.69, 9.17) is 0 Å². The Kier molecular flexibility index (Phi) is 3.52. The number of rotatable bonds is 3. The van der Waals surface area contributed by atoms with Crippen LogP contribution in [0, 0.1) is 6.92 Å². The van der Waals surface area contributed by atoms with Gasteiger partial charge in [0.1, 0.15) is 0 Å². The molecule has 1 aromatic carbocycles. The minimum absolute atomic E-state index is 0.0764. The van der Waals surface area contributed by atoms with Crippen LogP contribution in [0.3, 0.4) is 0 Å². The van der Waals surface area contributed by atoms with Crippen LogP contribution < -0.4 is 4.90 Å². The van der Waals surface area contributed by atoms with Gasteiger partial charge in [-0.1, -0.05) is 19.1 Å². The smallest absolute Gasteiger partial charge is 0.247 e. The molecule has 0 aliphatic carbocycles. The molecule has 0 aromatic heterocycles. The average Bonchev–Trinajstić information content (AvgIpc) is 2.55. The molecule has 0 bridgehead atoms. The van der Waals surface area contributed by atoms with Crippen molar-refractivity contribution in [2.24, 2.45) is 0 Å². The van der Waals surface area contributed by atoms with Crippen molar-refractivity contribution < 1.29 is 9.59 Å². The van der Waals surface area contributed by atoms with Crippen LogP contribution in [0.5, 0.6) is 0 Å². The normalized spacial score (nSPS) is 20.1. The summed E-state index contributed by atoms with van der Waals surface area (Å²) < 4.78 is 0. The molecule has 90 valence electrons. The number of aryl methyl sites for hydroxylation is 1. The van der Waals surface area contributed by atoms with Gasteiger partial charge in [-0.25, -0.2) is 4.90 Å². The number of amides is 2. The number of carbonyl (C=O) groups excluding carboxylic acids is 2. The summed E-state index contributed by atoms with van der Waals surface area (Å²) in [6.07, 6.45) is 0.325. The Bertz CT molecular complexity index is 458. The second kappa shape index (κ2) is 4.92. The summed E-state index contributed by atoms with van der Waals surface area (Å²) in [5.41, 5.74) is 1.74. The molecule has 1 atom stereocenters. The summed E-state index contributed by atoms with van der Waals surface area (Å²) >= 11 is 1.54. The molecule has 0 spiro atoms. The molecule has 17 heavy (non-hydrogen) atoms. The number of anilines is 1. The van der Waals surface area contributed by atoms with Crippen LogP contribution in [-0.2, 0) is 9.59 Å². The fraction of sp³-hybridized carbons (Fsp3) is 0.385. The van der Waals surface area contributed by atoms with Gasteiger partial charge >= 0.3 is 0 Å². The van der Waals surface area contributed by atoms with Gasteiger partial charge in [-0.15, -0.1) is 11.8 Å². The molecule has 0 saturated carbocycles. The lowest BCUT2D eigenvalue weighted by Crippen LogP contribution is -2.31. The predicted octanol–water partition coefficient (Wildman–Crippen LogP) is 2.38. The molecule has 0 N–H and O–H groups in total. The first-order chi connectivity index (χ1) is 8.13. The van der Waals surface area contributed by atoms with Crippen LogP contribution in [0.4, 0.5) is 5.69 Å². The van der Waals surface area contributed by atoms with Crippen molar-refractivity contribution in [1.29, 1.82) is 0 Å². The second-order valence-corrected chi connectivity index (χ2v) is 5.53. The van der Waals surface area contributed by atoms with Crippen LogP contribution in [-0.4, -0.2) is 22.8 Å². The van der Waals surface area contributed by atoms with Gasteiger partial charge in [0.05, 0.1) is 10.9 Å². The maximum atomic E-state index is 12.1. The lowest BCUT2D eigenvalue weighted by atomic mass is 10.2. The van der Waals surface area contributed by atoms with Gasteiger partial charge in [-0.05, 0) is 30.4 Å². The maximum absolute atomic E-state index is 12.1. The number of benzene rings is 1. The number of hydrogen-bond donors (Lipinski definition) is 0. The first-order valence-electron chi connectivity index (χ1n) is 5.68. The first-order valence-corrected chi connectivity index (χ1v) is 6.73. The van der Waals surface area contributed by atoms with E-state index < -0.39 is 0 Å². The summed E-state index contributed by atoms with van der Waals surface area (Å²) in [5, 5.41) is -0.201. The monoisotopic (exact) mass is 249 g/mol. The standard InChI is InChI=1S/C13H15NO2S/c1-3-17-11-8-12(15)14(13(11)16)10-6-4-5-9(2)7-10/h4-7,11H,3,8H2,1-2H3/t11-/m0/s1. The summed E-state index contributed by atoms with van der Waals surface area (Å²) in [6.45, 7) is 3.95. The number of hydrogen-bond acceptors (Lipinski definition) is 3. The Morgan fingerprint density at radius 3 is 2.82 bits per heavy atom. The number of carbonyl (C=O) groups is 2. The molecular weight excluding hydrogens is 234 g/mol. The van der Waals surface area contributed by atoms with Gasteiger partial charge in [-0.2, -0.15) is 0 Å². The van der Waals surface area contributed by atoms with E-state index in [1.54, 1.807) is 11.8 Å². The van der Waals surface area contributed by atoms with Gasteiger partial charge < -0.3 is 0 Å². The first kappa shape index (κ1) is 12.2. The van der Waals surface area contributed by atoms with E-state index in [0.29, 0.717) is 12.1 Å². The number of imide groups is 1. The zero-order chi connectivity index (χ0) is 12.4. The Morgan fingerprint density at radius 1 is 1.41 bits per heavy atom. The SMILES string of the molecule is CCS[C@H]1CC(=O)N(c2cccc(C)c2)C1=O. The van der Waals surface area contributed by atoms with Crippen LogP contribution >= 0.6 is 11.8 Å². The highest BCUT2D eigenvalue weighted by Gasteiger charge is 2.39. The molecule has 1 aromatic rings. The van der Waals surface area contributed by atoms with Crippen molar-refractivity contribution in [2.45, 2.75) is 25.5 Å². The van der Waals surface area contributed by atoms with Gasteiger partial charge in [0.2, 0.25) is 11.8 Å². The van der Waals surface area contributed by atoms with Crippen LogP contribution in [0.25, 0.3) is 0 Å². The Labute approximate surface area is 105 Å². The molecule has 0 unspecified atom stereocenters. The third kappa shape index (κ3) is 2.36. The van der Waals surface area contributed by atoms with Crippen molar-refractivity contribution >= 4 is 29.3 Å². The Morgan fingerprint density at radius 2 is 2.18 bits per heavy atom. The van der Waals surface area contributed by atoms with Gasteiger partial charge in [-0.3, -0.25) is 9.59 Å².